The Morgan fingerprint density at radius 3 is 2.47 bits per heavy atom. The zero-order valence-electron chi connectivity index (χ0n) is 17.0. The van der Waals surface area contributed by atoms with E-state index in [0.717, 1.165) is 22.6 Å². The van der Waals surface area contributed by atoms with Crippen molar-refractivity contribution in [2.45, 2.75) is 19.8 Å². The van der Waals surface area contributed by atoms with E-state index in [1.54, 1.807) is 13.2 Å². The summed E-state index contributed by atoms with van der Waals surface area (Å²) >= 11 is 6.63. The van der Waals surface area contributed by atoms with E-state index in [1.165, 1.54) is 23.0 Å². The second kappa shape index (κ2) is 10.1. The smallest absolute Gasteiger partial charge is 0.250 e. The maximum absolute atomic E-state index is 12.1. The highest BCUT2D eigenvalue weighted by Gasteiger charge is 2.08. The molecule has 3 rings (SSSR count). The zero-order chi connectivity index (χ0) is 21.5. The molecule has 1 heterocycles. The van der Waals surface area contributed by atoms with Gasteiger partial charge in [0, 0.05) is 17.0 Å². The summed E-state index contributed by atoms with van der Waals surface area (Å²) in [4.78, 5) is 16.6. The number of carbonyl (C=O) groups excluding carboxylic acids is 1. The summed E-state index contributed by atoms with van der Waals surface area (Å²) < 4.78 is 5.17. The number of thiocarbonyl (C=S) groups is 1. The number of methoxy groups -OCH3 is 1. The number of benzene rings is 2. The Bertz CT molecular complexity index is 1040. The molecule has 2 aromatic carbocycles. The molecule has 1 aromatic heterocycles. The maximum Gasteiger partial charge on any atom is 0.250 e. The lowest BCUT2D eigenvalue weighted by Gasteiger charge is -2.05. The highest BCUT2D eigenvalue weighted by molar-refractivity contribution is 7.80. The third-order valence-corrected chi connectivity index (χ3v) is 5.34. The van der Waals surface area contributed by atoms with Gasteiger partial charge >= 0.3 is 0 Å². The molecule has 0 saturated heterocycles. The van der Waals surface area contributed by atoms with Crippen molar-refractivity contribution >= 4 is 45.8 Å². The van der Waals surface area contributed by atoms with Crippen LogP contribution < -0.4 is 15.4 Å². The van der Waals surface area contributed by atoms with E-state index in [1.807, 2.05) is 41.8 Å². The van der Waals surface area contributed by atoms with Gasteiger partial charge in [-0.1, -0.05) is 38.1 Å². The summed E-state index contributed by atoms with van der Waals surface area (Å²) in [5.41, 5.74) is 4.02. The first-order chi connectivity index (χ1) is 14.4. The molecule has 0 unspecified atom stereocenters. The van der Waals surface area contributed by atoms with Gasteiger partial charge in [-0.15, -0.1) is 11.3 Å². The lowest BCUT2D eigenvalue weighted by molar-refractivity contribution is -0.115. The molecule has 5 nitrogen and oxygen atoms in total. The van der Waals surface area contributed by atoms with Gasteiger partial charge in [0.25, 0.3) is 0 Å². The number of hydrogen-bond acceptors (Lipinski definition) is 5. The summed E-state index contributed by atoms with van der Waals surface area (Å²) in [5.74, 6) is 0.971. The van der Waals surface area contributed by atoms with Gasteiger partial charge in [-0.25, -0.2) is 4.98 Å². The van der Waals surface area contributed by atoms with Crippen LogP contribution in [0.3, 0.4) is 0 Å². The molecule has 0 bridgehead atoms. The molecule has 0 aliphatic rings. The number of nitrogens with zero attached hydrogens (tertiary/aromatic N) is 1. The largest absolute Gasteiger partial charge is 0.497 e. The average molecular weight is 438 g/mol. The Labute approximate surface area is 185 Å². The minimum atomic E-state index is -0.299. The number of amides is 1. The van der Waals surface area contributed by atoms with Crippen LogP contribution in [-0.2, 0) is 4.79 Å². The first-order valence-electron chi connectivity index (χ1n) is 9.44. The number of aromatic nitrogens is 1. The van der Waals surface area contributed by atoms with Gasteiger partial charge in [-0.2, -0.15) is 0 Å². The van der Waals surface area contributed by atoms with E-state index in [4.69, 9.17) is 17.0 Å². The third-order valence-electron chi connectivity index (χ3n) is 4.38. The van der Waals surface area contributed by atoms with Gasteiger partial charge in [-0.3, -0.25) is 10.1 Å². The Balaban J connectivity index is 1.53. The Morgan fingerprint density at radius 2 is 1.83 bits per heavy atom. The van der Waals surface area contributed by atoms with Gasteiger partial charge in [0.05, 0.1) is 12.8 Å². The van der Waals surface area contributed by atoms with Crippen molar-refractivity contribution in [3.05, 3.63) is 71.1 Å². The van der Waals surface area contributed by atoms with Crippen LogP contribution in [-0.4, -0.2) is 23.1 Å². The zero-order valence-corrected chi connectivity index (χ0v) is 18.6. The fraction of sp³-hybridized carbons (Fsp3) is 0.174. The Kier molecular flexibility index (Phi) is 7.32. The molecule has 0 saturated carbocycles. The summed E-state index contributed by atoms with van der Waals surface area (Å²) in [6.45, 7) is 4.29. The first kappa shape index (κ1) is 21.7. The predicted octanol–water partition coefficient (Wildman–Crippen LogP) is 5.47. The van der Waals surface area contributed by atoms with Gasteiger partial charge in [-0.05, 0) is 59.6 Å². The standard InChI is InChI=1S/C23H23N3O2S2/c1-15(2)17-7-4-16(5-8-17)6-13-21(27)25-22(29)26-23-24-20(14-30-23)18-9-11-19(28-3)12-10-18/h4-15H,1-3H3,(H2,24,25,26,27,29). The molecule has 0 fully saturated rings. The topological polar surface area (TPSA) is 63.2 Å². The number of carbonyl (C=O) groups is 1. The Morgan fingerprint density at radius 1 is 1.13 bits per heavy atom. The number of thiazole rings is 1. The van der Waals surface area contributed by atoms with Crippen LogP contribution in [0.4, 0.5) is 5.13 Å². The minimum absolute atomic E-state index is 0.204. The van der Waals surface area contributed by atoms with Crippen LogP contribution in [0.15, 0.2) is 60.0 Å². The molecule has 1 amide bonds. The fourth-order valence-corrected chi connectivity index (χ4v) is 3.66. The van der Waals surface area contributed by atoms with E-state index in [-0.39, 0.29) is 11.0 Å². The summed E-state index contributed by atoms with van der Waals surface area (Å²) in [7, 11) is 1.63. The molecule has 3 aromatic rings. The van der Waals surface area contributed by atoms with Crippen molar-refractivity contribution in [3.63, 3.8) is 0 Å². The molecule has 0 spiro atoms. The van der Waals surface area contributed by atoms with Crippen LogP contribution in [0.25, 0.3) is 17.3 Å². The van der Waals surface area contributed by atoms with Crippen molar-refractivity contribution in [3.8, 4) is 17.0 Å². The molecule has 0 radical (unpaired) electrons. The SMILES string of the molecule is COc1ccc(-c2csc(NC(=S)NC(=O)C=Cc3ccc(C(C)C)cc3)n2)cc1. The number of rotatable bonds is 6. The van der Waals surface area contributed by atoms with Gasteiger partial charge in [0.1, 0.15) is 5.75 Å². The number of nitrogens with one attached hydrogen (secondary N) is 2. The molecule has 30 heavy (non-hydrogen) atoms. The van der Waals surface area contributed by atoms with Crippen molar-refractivity contribution in [2.24, 2.45) is 0 Å². The van der Waals surface area contributed by atoms with Crippen LogP contribution in [0, 0.1) is 0 Å². The van der Waals surface area contributed by atoms with E-state index in [2.05, 4.69) is 41.6 Å². The summed E-state index contributed by atoms with van der Waals surface area (Å²) in [6, 6.07) is 15.8. The monoisotopic (exact) mass is 437 g/mol. The van der Waals surface area contributed by atoms with E-state index < -0.39 is 0 Å². The number of ether oxygens (including phenoxy) is 1. The fourth-order valence-electron chi connectivity index (χ4n) is 2.67. The molecular weight excluding hydrogens is 414 g/mol. The van der Waals surface area contributed by atoms with E-state index in [9.17, 15) is 4.79 Å². The minimum Gasteiger partial charge on any atom is -0.497 e. The Hall–Kier alpha value is -3.03. The molecule has 0 aliphatic heterocycles. The quantitative estimate of drug-likeness (QED) is 0.396. The molecule has 0 aliphatic carbocycles. The van der Waals surface area contributed by atoms with Gasteiger partial charge in [0.15, 0.2) is 10.2 Å². The summed E-state index contributed by atoms with van der Waals surface area (Å²) in [5, 5.41) is 8.33. The number of anilines is 1. The molecule has 0 atom stereocenters. The molecule has 2 N–H and O–H groups in total. The van der Waals surface area contributed by atoms with Crippen LogP contribution >= 0.6 is 23.6 Å². The average Bonchev–Trinajstić information content (AvgIpc) is 3.20. The van der Waals surface area contributed by atoms with Crippen molar-refractivity contribution in [2.75, 3.05) is 12.4 Å². The van der Waals surface area contributed by atoms with Crippen LogP contribution in [0.1, 0.15) is 30.9 Å². The molecule has 154 valence electrons. The lowest BCUT2D eigenvalue weighted by atomic mass is 10.0. The first-order valence-corrected chi connectivity index (χ1v) is 10.7. The second-order valence-electron chi connectivity index (χ2n) is 6.86. The highest BCUT2D eigenvalue weighted by Crippen LogP contribution is 2.26. The maximum atomic E-state index is 12.1. The molecule has 7 heteroatoms. The predicted molar refractivity (Wildman–Crippen MR) is 128 cm³/mol. The van der Waals surface area contributed by atoms with E-state index in [0.29, 0.717) is 11.0 Å². The highest BCUT2D eigenvalue weighted by atomic mass is 32.1. The third kappa shape index (κ3) is 5.98. The second-order valence-corrected chi connectivity index (χ2v) is 8.13. The van der Waals surface area contributed by atoms with Gasteiger partial charge in [0.2, 0.25) is 5.91 Å². The van der Waals surface area contributed by atoms with E-state index >= 15 is 0 Å². The van der Waals surface area contributed by atoms with Crippen molar-refractivity contribution < 1.29 is 9.53 Å². The van der Waals surface area contributed by atoms with Crippen LogP contribution in [0.5, 0.6) is 5.75 Å². The molecular formula is C23H23N3O2S2. The van der Waals surface area contributed by atoms with Gasteiger partial charge < -0.3 is 10.1 Å². The normalized spacial score (nSPS) is 10.9. The lowest BCUT2D eigenvalue weighted by Crippen LogP contribution is -2.32. The summed E-state index contributed by atoms with van der Waals surface area (Å²) in [6.07, 6.45) is 3.22. The van der Waals surface area contributed by atoms with Crippen molar-refractivity contribution in [1.82, 2.24) is 10.3 Å². The van der Waals surface area contributed by atoms with Crippen LogP contribution in [0.2, 0.25) is 0 Å². The number of hydrogen-bond donors (Lipinski definition) is 2. The van der Waals surface area contributed by atoms with Crippen molar-refractivity contribution in [1.29, 1.82) is 0 Å².